The van der Waals surface area contributed by atoms with E-state index in [2.05, 4.69) is 6.08 Å². The molecule has 0 saturated carbocycles. The van der Waals surface area contributed by atoms with Crippen LogP contribution in [0.5, 0.6) is 0 Å². The van der Waals surface area contributed by atoms with Gasteiger partial charge in [-0.05, 0) is 44.9 Å². The number of hydrogen-bond acceptors (Lipinski definition) is 2. The molecule has 0 aromatic rings. The van der Waals surface area contributed by atoms with Crippen molar-refractivity contribution >= 4 is 11.8 Å². The molecular weight excluding hydrogens is 240 g/mol. The van der Waals surface area contributed by atoms with E-state index in [-0.39, 0.29) is 17.9 Å². The van der Waals surface area contributed by atoms with Gasteiger partial charge in [-0.2, -0.15) is 0 Å². The van der Waals surface area contributed by atoms with Gasteiger partial charge in [-0.1, -0.05) is 11.6 Å². The Morgan fingerprint density at radius 3 is 2.89 bits per heavy atom. The molecule has 0 aromatic heterocycles. The predicted octanol–water partition coefficient (Wildman–Crippen LogP) is 1.71. The van der Waals surface area contributed by atoms with Crippen molar-refractivity contribution in [3.8, 4) is 0 Å². The van der Waals surface area contributed by atoms with Crippen LogP contribution in [0.3, 0.4) is 0 Å². The number of carbonyl (C=O) groups is 2. The number of fused-ring (bicyclic) bond motifs is 1. The standard InChI is InChI=1S/C15H22N2O2/c18-14-11-16(10-8-12-5-2-1-3-6-12)15(19)13-7-4-9-17(13)14/h5,13H,1-4,6-11H2. The van der Waals surface area contributed by atoms with E-state index in [1.807, 2.05) is 0 Å². The average molecular weight is 262 g/mol. The quantitative estimate of drug-likeness (QED) is 0.726. The molecule has 3 rings (SSSR count). The van der Waals surface area contributed by atoms with Gasteiger partial charge in [0.2, 0.25) is 11.8 Å². The zero-order chi connectivity index (χ0) is 13.2. The lowest BCUT2D eigenvalue weighted by Crippen LogP contribution is -2.57. The molecular formula is C15H22N2O2. The minimum absolute atomic E-state index is 0.139. The topological polar surface area (TPSA) is 40.6 Å². The van der Waals surface area contributed by atoms with Crippen LogP contribution in [0.1, 0.15) is 44.9 Å². The molecule has 2 amide bonds. The van der Waals surface area contributed by atoms with Crippen LogP contribution in [-0.2, 0) is 9.59 Å². The SMILES string of the molecule is O=C1C2CCCN2C(=O)CN1CCC1=CCCCC1. The van der Waals surface area contributed by atoms with Crippen molar-refractivity contribution in [3.63, 3.8) is 0 Å². The highest BCUT2D eigenvalue weighted by molar-refractivity contribution is 5.95. The Kier molecular flexibility index (Phi) is 3.58. The third-order valence-corrected chi connectivity index (χ3v) is 4.58. The van der Waals surface area contributed by atoms with E-state index in [4.69, 9.17) is 0 Å². The molecule has 104 valence electrons. The third-order valence-electron chi connectivity index (χ3n) is 4.58. The first-order valence-corrected chi connectivity index (χ1v) is 7.52. The van der Waals surface area contributed by atoms with E-state index in [0.29, 0.717) is 6.54 Å². The fourth-order valence-corrected chi connectivity index (χ4v) is 3.46. The van der Waals surface area contributed by atoms with E-state index < -0.39 is 0 Å². The molecule has 2 saturated heterocycles. The van der Waals surface area contributed by atoms with Gasteiger partial charge in [0.1, 0.15) is 6.04 Å². The Labute approximate surface area is 114 Å². The summed E-state index contributed by atoms with van der Waals surface area (Å²) in [4.78, 5) is 27.9. The van der Waals surface area contributed by atoms with Gasteiger partial charge >= 0.3 is 0 Å². The van der Waals surface area contributed by atoms with Crippen molar-refractivity contribution < 1.29 is 9.59 Å². The lowest BCUT2D eigenvalue weighted by Gasteiger charge is -2.36. The van der Waals surface area contributed by atoms with Gasteiger partial charge in [-0.25, -0.2) is 0 Å². The monoisotopic (exact) mass is 262 g/mol. The molecule has 1 atom stereocenters. The predicted molar refractivity (Wildman–Crippen MR) is 72.5 cm³/mol. The van der Waals surface area contributed by atoms with Crippen molar-refractivity contribution in [2.75, 3.05) is 19.6 Å². The van der Waals surface area contributed by atoms with Crippen molar-refractivity contribution in [1.82, 2.24) is 9.80 Å². The minimum atomic E-state index is -0.151. The summed E-state index contributed by atoms with van der Waals surface area (Å²) >= 11 is 0. The minimum Gasteiger partial charge on any atom is -0.331 e. The summed E-state index contributed by atoms with van der Waals surface area (Å²) in [5.41, 5.74) is 1.47. The average Bonchev–Trinajstić information content (AvgIpc) is 2.92. The first kappa shape index (κ1) is 12.7. The molecule has 2 aliphatic heterocycles. The molecule has 4 heteroatoms. The van der Waals surface area contributed by atoms with Gasteiger partial charge in [-0.15, -0.1) is 0 Å². The number of piperazine rings is 1. The summed E-state index contributed by atoms with van der Waals surface area (Å²) in [6, 6.07) is -0.151. The Morgan fingerprint density at radius 2 is 2.11 bits per heavy atom. The van der Waals surface area contributed by atoms with Gasteiger partial charge < -0.3 is 9.80 Å². The third kappa shape index (κ3) is 2.53. The summed E-state index contributed by atoms with van der Waals surface area (Å²) in [5, 5.41) is 0. The molecule has 0 aromatic carbocycles. The molecule has 19 heavy (non-hydrogen) atoms. The van der Waals surface area contributed by atoms with Crippen molar-refractivity contribution in [3.05, 3.63) is 11.6 Å². The second-order valence-corrected chi connectivity index (χ2v) is 5.86. The molecule has 1 aliphatic carbocycles. The lowest BCUT2D eigenvalue weighted by molar-refractivity contribution is -0.153. The number of amides is 2. The number of allylic oxidation sites excluding steroid dienone is 1. The number of hydrogen-bond donors (Lipinski definition) is 0. The van der Waals surface area contributed by atoms with E-state index in [1.165, 1.54) is 31.3 Å². The van der Waals surface area contributed by atoms with Crippen molar-refractivity contribution in [2.45, 2.75) is 51.0 Å². The number of rotatable bonds is 3. The summed E-state index contributed by atoms with van der Waals surface area (Å²) in [6.45, 7) is 1.79. The Balaban J connectivity index is 1.60. The van der Waals surface area contributed by atoms with E-state index >= 15 is 0 Å². The van der Waals surface area contributed by atoms with E-state index in [0.717, 1.165) is 32.4 Å². The fourth-order valence-electron chi connectivity index (χ4n) is 3.46. The van der Waals surface area contributed by atoms with E-state index in [9.17, 15) is 9.59 Å². The molecule has 2 fully saturated rings. The lowest BCUT2D eigenvalue weighted by atomic mass is 9.97. The highest BCUT2D eigenvalue weighted by atomic mass is 16.2. The van der Waals surface area contributed by atoms with Gasteiger partial charge in [0.05, 0.1) is 6.54 Å². The molecule has 0 spiro atoms. The zero-order valence-corrected chi connectivity index (χ0v) is 11.4. The fraction of sp³-hybridized carbons (Fsp3) is 0.733. The maximum Gasteiger partial charge on any atom is 0.245 e. The Hall–Kier alpha value is -1.32. The second kappa shape index (κ2) is 5.35. The van der Waals surface area contributed by atoms with Crippen LogP contribution in [-0.4, -0.2) is 47.3 Å². The summed E-state index contributed by atoms with van der Waals surface area (Å²) in [7, 11) is 0. The van der Waals surface area contributed by atoms with Crippen LogP contribution in [0.25, 0.3) is 0 Å². The first-order chi connectivity index (χ1) is 9.25. The van der Waals surface area contributed by atoms with Crippen molar-refractivity contribution in [1.29, 1.82) is 0 Å². The maximum atomic E-state index is 12.3. The Morgan fingerprint density at radius 1 is 1.21 bits per heavy atom. The van der Waals surface area contributed by atoms with Gasteiger partial charge in [0.15, 0.2) is 0 Å². The summed E-state index contributed by atoms with van der Waals surface area (Å²) in [6.07, 6.45) is 10.0. The molecule has 0 N–H and O–H groups in total. The molecule has 1 unspecified atom stereocenters. The van der Waals surface area contributed by atoms with Crippen LogP contribution >= 0.6 is 0 Å². The van der Waals surface area contributed by atoms with Crippen molar-refractivity contribution in [2.24, 2.45) is 0 Å². The number of nitrogens with zero attached hydrogens (tertiary/aromatic N) is 2. The molecule has 3 aliphatic rings. The molecule has 0 bridgehead atoms. The van der Waals surface area contributed by atoms with Crippen LogP contribution in [0.2, 0.25) is 0 Å². The van der Waals surface area contributed by atoms with Gasteiger partial charge in [-0.3, -0.25) is 9.59 Å². The molecule has 2 heterocycles. The second-order valence-electron chi connectivity index (χ2n) is 5.86. The first-order valence-electron chi connectivity index (χ1n) is 7.52. The normalized spacial score (nSPS) is 27.6. The van der Waals surface area contributed by atoms with Gasteiger partial charge in [0, 0.05) is 13.1 Å². The summed E-state index contributed by atoms with van der Waals surface area (Å²) < 4.78 is 0. The maximum absolute atomic E-state index is 12.3. The van der Waals surface area contributed by atoms with E-state index in [1.54, 1.807) is 9.80 Å². The largest absolute Gasteiger partial charge is 0.331 e. The molecule has 0 radical (unpaired) electrons. The highest BCUT2D eigenvalue weighted by Crippen LogP contribution is 2.25. The zero-order valence-electron chi connectivity index (χ0n) is 11.4. The van der Waals surface area contributed by atoms with Crippen LogP contribution in [0.15, 0.2) is 11.6 Å². The highest BCUT2D eigenvalue weighted by Gasteiger charge is 2.41. The smallest absolute Gasteiger partial charge is 0.245 e. The summed E-state index contributed by atoms with van der Waals surface area (Å²) in [5.74, 6) is 0.313. The van der Waals surface area contributed by atoms with Crippen LogP contribution in [0.4, 0.5) is 0 Å². The number of carbonyl (C=O) groups excluding carboxylic acids is 2. The molecule has 4 nitrogen and oxygen atoms in total. The van der Waals surface area contributed by atoms with Gasteiger partial charge in [0.25, 0.3) is 0 Å². The Bertz CT molecular complexity index is 416. The van der Waals surface area contributed by atoms with Crippen LogP contribution in [0, 0.1) is 0 Å². The van der Waals surface area contributed by atoms with Crippen LogP contribution < -0.4 is 0 Å².